The van der Waals surface area contributed by atoms with Crippen molar-refractivity contribution in [2.75, 3.05) is 6.61 Å². The summed E-state index contributed by atoms with van der Waals surface area (Å²) in [5.74, 6) is 0.785. The Morgan fingerprint density at radius 3 is 2.73 bits per heavy atom. The van der Waals surface area contributed by atoms with Crippen molar-refractivity contribution in [3.05, 3.63) is 18.1 Å². The second-order valence-electron chi connectivity index (χ2n) is 3.58. The Labute approximate surface area is 90.9 Å². The first-order valence-electron chi connectivity index (χ1n) is 5.39. The van der Waals surface area contributed by atoms with Crippen molar-refractivity contribution in [1.82, 2.24) is 9.97 Å². The van der Waals surface area contributed by atoms with Crippen LogP contribution in [0, 0.1) is 0 Å². The molecule has 4 nitrogen and oxygen atoms in total. The third kappa shape index (κ3) is 3.16. The van der Waals surface area contributed by atoms with E-state index >= 15 is 0 Å². The van der Waals surface area contributed by atoms with Gasteiger partial charge in [0.1, 0.15) is 0 Å². The molecule has 1 rings (SSSR count). The van der Waals surface area contributed by atoms with E-state index in [9.17, 15) is 0 Å². The van der Waals surface area contributed by atoms with Crippen LogP contribution < -0.4 is 10.5 Å². The summed E-state index contributed by atoms with van der Waals surface area (Å²) < 4.78 is 5.30. The summed E-state index contributed by atoms with van der Waals surface area (Å²) in [4.78, 5) is 8.46. The zero-order valence-corrected chi connectivity index (χ0v) is 9.60. The summed E-state index contributed by atoms with van der Waals surface area (Å²) in [5.41, 5.74) is 6.86. The molecule has 0 aromatic carbocycles. The molecule has 2 N–H and O–H groups in total. The van der Waals surface area contributed by atoms with Crippen LogP contribution in [0.1, 0.15) is 38.8 Å². The number of aromatic nitrogens is 2. The zero-order valence-electron chi connectivity index (χ0n) is 9.60. The van der Waals surface area contributed by atoms with E-state index in [1.165, 1.54) is 0 Å². The molecule has 0 aliphatic rings. The van der Waals surface area contributed by atoms with Gasteiger partial charge in [-0.1, -0.05) is 13.8 Å². The van der Waals surface area contributed by atoms with Gasteiger partial charge in [0, 0.05) is 18.2 Å². The molecule has 0 saturated heterocycles. The van der Waals surface area contributed by atoms with Crippen LogP contribution in [0.5, 0.6) is 5.88 Å². The van der Waals surface area contributed by atoms with E-state index in [4.69, 9.17) is 10.5 Å². The maximum absolute atomic E-state index is 5.96. The monoisotopic (exact) mass is 209 g/mol. The minimum absolute atomic E-state index is 0.121. The standard InChI is InChI=1S/C11H19N3O/c1-4-9(12)8(3)10-6-13-7-11(14-10)15-5-2/h6-9H,4-5,12H2,1-3H3. The highest BCUT2D eigenvalue weighted by Crippen LogP contribution is 2.18. The predicted octanol–water partition coefficient (Wildman–Crippen LogP) is 1.72. The van der Waals surface area contributed by atoms with Crippen LogP contribution in [-0.2, 0) is 0 Å². The van der Waals surface area contributed by atoms with Gasteiger partial charge in [0.2, 0.25) is 5.88 Å². The summed E-state index contributed by atoms with van der Waals surface area (Å²) in [6.45, 7) is 6.66. The van der Waals surface area contributed by atoms with Crippen molar-refractivity contribution >= 4 is 0 Å². The van der Waals surface area contributed by atoms with Gasteiger partial charge in [0.15, 0.2) is 0 Å². The molecule has 1 aromatic rings. The third-order valence-corrected chi connectivity index (χ3v) is 2.50. The Balaban J connectivity index is 2.80. The molecule has 0 saturated carbocycles. The highest BCUT2D eigenvalue weighted by Gasteiger charge is 2.15. The van der Waals surface area contributed by atoms with E-state index in [1.807, 2.05) is 6.92 Å². The molecule has 0 amide bonds. The number of nitrogens with two attached hydrogens (primary N) is 1. The number of hydrogen-bond acceptors (Lipinski definition) is 4. The van der Waals surface area contributed by atoms with Crippen molar-refractivity contribution in [3.63, 3.8) is 0 Å². The van der Waals surface area contributed by atoms with E-state index in [-0.39, 0.29) is 12.0 Å². The molecule has 1 aromatic heterocycles. The normalized spacial score (nSPS) is 14.7. The van der Waals surface area contributed by atoms with Gasteiger partial charge in [0.05, 0.1) is 18.5 Å². The lowest BCUT2D eigenvalue weighted by Crippen LogP contribution is -2.26. The first-order valence-corrected chi connectivity index (χ1v) is 5.39. The molecule has 2 unspecified atom stereocenters. The molecule has 15 heavy (non-hydrogen) atoms. The van der Waals surface area contributed by atoms with Crippen LogP contribution in [0.15, 0.2) is 12.4 Å². The molecule has 0 aliphatic heterocycles. The molecular weight excluding hydrogens is 190 g/mol. The first-order chi connectivity index (χ1) is 7.19. The Morgan fingerprint density at radius 1 is 1.40 bits per heavy atom. The highest BCUT2D eigenvalue weighted by molar-refractivity contribution is 5.13. The fraction of sp³-hybridized carbons (Fsp3) is 0.636. The SMILES string of the molecule is CCOc1cncc(C(C)C(N)CC)n1. The average molecular weight is 209 g/mol. The Kier molecular flexibility index (Phi) is 4.49. The molecule has 1 heterocycles. The van der Waals surface area contributed by atoms with Gasteiger partial charge in [-0.05, 0) is 13.3 Å². The molecule has 0 bridgehead atoms. The van der Waals surface area contributed by atoms with Gasteiger partial charge < -0.3 is 10.5 Å². The van der Waals surface area contributed by atoms with Gasteiger partial charge in [-0.15, -0.1) is 0 Å². The molecule has 0 aliphatic carbocycles. The number of rotatable bonds is 5. The van der Waals surface area contributed by atoms with Gasteiger partial charge in [0.25, 0.3) is 0 Å². The van der Waals surface area contributed by atoms with Gasteiger partial charge in [-0.3, -0.25) is 4.98 Å². The number of hydrogen-bond donors (Lipinski definition) is 1. The second kappa shape index (κ2) is 5.66. The van der Waals surface area contributed by atoms with Gasteiger partial charge in [-0.25, -0.2) is 4.98 Å². The van der Waals surface area contributed by atoms with Crippen molar-refractivity contribution in [2.45, 2.75) is 39.2 Å². The van der Waals surface area contributed by atoms with Crippen molar-refractivity contribution in [2.24, 2.45) is 5.73 Å². The topological polar surface area (TPSA) is 61.0 Å². The highest BCUT2D eigenvalue weighted by atomic mass is 16.5. The maximum Gasteiger partial charge on any atom is 0.232 e. The number of ether oxygens (including phenoxy) is 1. The van der Waals surface area contributed by atoms with Crippen molar-refractivity contribution in [1.29, 1.82) is 0 Å². The lowest BCUT2D eigenvalue weighted by molar-refractivity contribution is 0.322. The van der Waals surface area contributed by atoms with Crippen LogP contribution in [0.3, 0.4) is 0 Å². The summed E-state index contributed by atoms with van der Waals surface area (Å²) in [7, 11) is 0. The fourth-order valence-corrected chi connectivity index (χ4v) is 1.37. The summed E-state index contributed by atoms with van der Waals surface area (Å²) >= 11 is 0. The summed E-state index contributed by atoms with van der Waals surface area (Å²) in [6.07, 6.45) is 4.31. The van der Waals surface area contributed by atoms with Gasteiger partial charge >= 0.3 is 0 Å². The lowest BCUT2D eigenvalue weighted by atomic mass is 9.97. The molecule has 4 heteroatoms. The largest absolute Gasteiger partial charge is 0.477 e. The Bertz CT molecular complexity index is 304. The molecule has 0 fully saturated rings. The third-order valence-electron chi connectivity index (χ3n) is 2.50. The molecule has 0 radical (unpaired) electrons. The smallest absolute Gasteiger partial charge is 0.232 e. The summed E-state index contributed by atoms with van der Waals surface area (Å²) in [5, 5.41) is 0. The Morgan fingerprint density at radius 2 is 2.13 bits per heavy atom. The molecule has 2 atom stereocenters. The van der Waals surface area contributed by atoms with E-state index in [0.29, 0.717) is 12.5 Å². The van der Waals surface area contributed by atoms with E-state index in [2.05, 4.69) is 23.8 Å². The fourth-order valence-electron chi connectivity index (χ4n) is 1.37. The summed E-state index contributed by atoms with van der Waals surface area (Å²) in [6, 6.07) is 0.121. The quantitative estimate of drug-likeness (QED) is 0.802. The minimum atomic E-state index is 0.121. The van der Waals surface area contributed by atoms with Crippen molar-refractivity contribution in [3.8, 4) is 5.88 Å². The maximum atomic E-state index is 5.96. The van der Waals surface area contributed by atoms with Crippen LogP contribution in [0.25, 0.3) is 0 Å². The van der Waals surface area contributed by atoms with Crippen LogP contribution in [0.4, 0.5) is 0 Å². The van der Waals surface area contributed by atoms with E-state index in [0.717, 1.165) is 12.1 Å². The van der Waals surface area contributed by atoms with Gasteiger partial charge in [-0.2, -0.15) is 0 Å². The van der Waals surface area contributed by atoms with E-state index < -0.39 is 0 Å². The molecule has 0 spiro atoms. The van der Waals surface area contributed by atoms with Crippen LogP contribution in [-0.4, -0.2) is 22.6 Å². The van der Waals surface area contributed by atoms with Crippen molar-refractivity contribution < 1.29 is 4.74 Å². The molecular formula is C11H19N3O. The average Bonchev–Trinajstić information content (AvgIpc) is 2.28. The van der Waals surface area contributed by atoms with Crippen LogP contribution in [0.2, 0.25) is 0 Å². The minimum Gasteiger partial charge on any atom is -0.477 e. The number of nitrogens with zero attached hydrogens (tertiary/aromatic N) is 2. The van der Waals surface area contributed by atoms with Crippen LogP contribution >= 0.6 is 0 Å². The van der Waals surface area contributed by atoms with E-state index in [1.54, 1.807) is 12.4 Å². The second-order valence-corrected chi connectivity index (χ2v) is 3.58. The zero-order chi connectivity index (χ0) is 11.3. The predicted molar refractivity (Wildman–Crippen MR) is 59.9 cm³/mol. The Hall–Kier alpha value is -1.16. The first kappa shape index (κ1) is 11.9. The molecule has 84 valence electrons. The lowest BCUT2D eigenvalue weighted by Gasteiger charge is -2.17.